The van der Waals surface area contributed by atoms with Crippen molar-refractivity contribution >= 4 is 0 Å². The first-order valence-corrected chi connectivity index (χ1v) is 15.2. The van der Waals surface area contributed by atoms with Crippen LogP contribution in [0.4, 0.5) is 0 Å². The first-order valence-electron chi connectivity index (χ1n) is 15.2. The van der Waals surface area contributed by atoms with E-state index >= 15 is 0 Å². The van der Waals surface area contributed by atoms with Crippen LogP contribution in [0.3, 0.4) is 0 Å². The minimum absolute atomic E-state index is 0.0357. The van der Waals surface area contributed by atoms with Gasteiger partial charge in [-0.1, -0.05) is 105 Å². The van der Waals surface area contributed by atoms with Gasteiger partial charge < -0.3 is 9.47 Å². The molecule has 0 saturated heterocycles. The molecule has 1 heterocycles. The van der Waals surface area contributed by atoms with Crippen LogP contribution in [-0.4, -0.2) is 13.2 Å². The molecule has 0 unspecified atom stereocenters. The Bertz CT molecular complexity index is 1180. The van der Waals surface area contributed by atoms with Crippen molar-refractivity contribution in [2.45, 2.75) is 117 Å². The van der Waals surface area contributed by atoms with Crippen LogP contribution >= 0.6 is 0 Å². The van der Waals surface area contributed by atoms with E-state index in [1.165, 1.54) is 62.5 Å². The van der Waals surface area contributed by atoms with Crippen molar-refractivity contribution < 1.29 is 9.47 Å². The highest BCUT2D eigenvalue weighted by atomic mass is 16.5. The Balaban J connectivity index is 1.87. The highest BCUT2D eigenvalue weighted by molar-refractivity contribution is 5.54. The molecule has 0 radical (unpaired) electrons. The number of fused-ring (bicyclic) bond motifs is 2. The van der Waals surface area contributed by atoms with Crippen molar-refractivity contribution in [2.24, 2.45) is 0 Å². The molecule has 1 aliphatic rings. The van der Waals surface area contributed by atoms with Crippen molar-refractivity contribution in [1.82, 2.24) is 0 Å². The van der Waals surface area contributed by atoms with E-state index in [1.807, 2.05) is 0 Å². The minimum atomic E-state index is 0.0357. The van der Waals surface area contributed by atoms with Crippen LogP contribution in [-0.2, 0) is 10.8 Å². The van der Waals surface area contributed by atoms with E-state index in [9.17, 15) is 0 Å². The Morgan fingerprint density at radius 3 is 1.18 bits per heavy atom. The summed E-state index contributed by atoms with van der Waals surface area (Å²) in [5.74, 6) is 20.0. The normalized spacial score (nSPS) is 15.9. The lowest BCUT2D eigenvalue weighted by molar-refractivity contribution is 0.302. The van der Waals surface area contributed by atoms with Gasteiger partial charge in [0.1, 0.15) is 11.5 Å². The predicted molar refractivity (Wildman–Crippen MR) is 169 cm³/mol. The van der Waals surface area contributed by atoms with Gasteiger partial charge in [0.25, 0.3) is 0 Å². The molecule has 0 bridgehead atoms. The van der Waals surface area contributed by atoms with Crippen LogP contribution in [0.25, 0.3) is 0 Å². The summed E-state index contributed by atoms with van der Waals surface area (Å²) in [6, 6.07) is 12.7. The number of rotatable bonds is 0. The summed E-state index contributed by atoms with van der Waals surface area (Å²) in [5, 5.41) is 0. The van der Waals surface area contributed by atoms with Crippen molar-refractivity contribution in [3.8, 4) is 47.0 Å². The molecule has 2 nitrogen and oxygen atoms in total. The second-order valence-corrected chi connectivity index (χ2v) is 12.9. The molecule has 0 aliphatic carbocycles. The summed E-state index contributed by atoms with van der Waals surface area (Å²) in [7, 11) is 0. The van der Waals surface area contributed by atoms with E-state index in [-0.39, 0.29) is 10.8 Å². The molecule has 0 spiro atoms. The fourth-order valence-electron chi connectivity index (χ4n) is 4.68. The van der Waals surface area contributed by atoms with Crippen molar-refractivity contribution in [1.29, 1.82) is 0 Å². The van der Waals surface area contributed by atoms with Crippen LogP contribution in [0.2, 0.25) is 0 Å². The SMILES string of the molecule is CC(C)(C)c1ccc2c(c1)C#CC#CC#Cc1cc(C(C)(C)C)ccc1OCCCCCCCCCCCCO2. The van der Waals surface area contributed by atoms with Gasteiger partial charge in [-0.2, -0.15) is 0 Å². The van der Waals surface area contributed by atoms with Crippen LogP contribution in [0, 0.1) is 35.5 Å². The van der Waals surface area contributed by atoms with E-state index in [0.717, 1.165) is 48.7 Å². The lowest BCUT2D eigenvalue weighted by Gasteiger charge is -2.20. The second-order valence-electron chi connectivity index (χ2n) is 12.9. The zero-order valence-electron chi connectivity index (χ0n) is 25.8. The standard InChI is InChI=1S/C38H48O2/c1-37(2,3)33-23-25-35-31(29-33)21-17-13-14-18-22-32-30-34(38(4,5)6)24-26-36(32)40-28-20-16-12-10-8-7-9-11-15-19-27-39-35/h23-26,29-30H,7-12,15-16,19-20,27-28H2,1-6H3. The van der Waals surface area contributed by atoms with Gasteiger partial charge in [0.05, 0.1) is 24.3 Å². The fraction of sp³-hybridized carbons (Fsp3) is 0.526. The topological polar surface area (TPSA) is 18.5 Å². The average Bonchev–Trinajstić information content (AvgIpc) is 2.90. The number of hydrogen-bond acceptors (Lipinski definition) is 2. The second kappa shape index (κ2) is 15.5. The molecule has 0 amide bonds. The van der Waals surface area contributed by atoms with E-state index in [4.69, 9.17) is 9.47 Å². The molecule has 0 atom stereocenters. The Kier molecular flexibility index (Phi) is 12.1. The maximum atomic E-state index is 6.18. The van der Waals surface area contributed by atoms with E-state index < -0.39 is 0 Å². The zero-order valence-corrected chi connectivity index (χ0v) is 25.8. The lowest BCUT2D eigenvalue weighted by Crippen LogP contribution is -2.11. The molecular formula is C38H48O2. The predicted octanol–water partition coefficient (Wildman–Crippen LogP) is 9.36. The third-order valence-electron chi connectivity index (χ3n) is 7.33. The zero-order chi connectivity index (χ0) is 28.8. The van der Waals surface area contributed by atoms with Crippen LogP contribution in [0.15, 0.2) is 36.4 Å². The van der Waals surface area contributed by atoms with E-state index in [2.05, 4.69) is 113 Å². The van der Waals surface area contributed by atoms with E-state index in [1.54, 1.807) is 0 Å². The first kappa shape index (κ1) is 31.3. The minimum Gasteiger partial charge on any atom is -0.492 e. The third-order valence-corrected chi connectivity index (χ3v) is 7.33. The molecule has 0 N–H and O–H groups in total. The largest absolute Gasteiger partial charge is 0.492 e. The Morgan fingerprint density at radius 1 is 0.475 bits per heavy atom. The van der Waals surface area contributed by atoms with Gasteiger partial charge in [0.2, 0.25) is 0 Å². The fourth-order valence-corrected chi connectivity index (χ4v) is 4.68. The number of ether oxygens (including phenoxy) is 2. The van der Waals surface area contributed by atoms with Crippen molar-refractivity contribution in [3.05, 3.63) is 58.7 Å². The summed E-state index contributed by atoms with van der Waals surface area (Å²) in [4.78, 5) is 0. The van der Waals surface area contributed by atoms with Crippen LogP contribution < -0.4 is 9.47 Å². The first-order chi connectivity index (χ1) is 19.1. The summed E-state index contributed by atoms with van der Waals surface area (Å²) in [6.07, 6.45) is 12.4. The van der Waals surface area contributed by atoms with E-state index in [0.29, 0.717) is 0 Å². The van der Waals surface area contributed by atoms with Gasteiger partial charge in [-0.15, -0.1) is 0 Å². The van der Waals surface area contributed by atoms with Gasteiger partial charge in [-0.25, -0.2) is 0 Å². The van der Waals surface area contributed by atoms with Crippen molar-refractivity contribution in [2.75, 3.05) is 13.2 Å². The molecule has 40 heavy (non-hydrogen) atoms. The maximum absolute atomic E-state index is 6.18. The Hall–Kier alpha value is -3.28. The van der Waals surface area contributed by atoms with Crippen molar-refractivity contribution in [3.63, 3.8) is 0 Å². The molecule has 0 fully saturated rings. The smallest absolute Gasteiger partial charge is 0.134 e. The molecular weight excluding hydrogens is 488 g/mol. The van der Waals surface area contributed by atoms with Gasteiger partial charge in [0.15, 0.2) is 0 Å². The van der Waals surface area contributed by atoms with Gasteiger partial charge in [-0.3, -0.25) is 0 Å². The van der Waals surface area contributed by atoms with Gasteiger partial charge in [-0.05, 0) is 94.6 Å². The van der Waals surface area contributed by atoms with Crippen LogP contribution in [0.5, 0.6) is 11.5 Å². The Morgan fingerprint density at radius 2 is 0.825 bits per heavy atom. The molecule has 1 aliphatic heterocycles. The quantitative estimate of drug-likeness (QED) is 0.312. The van der Waals surface area contributed by atoms with Gasteiger partial charge >= 0.3 is 0 Å². The highest BCUT2D eigenvalue weighted by Crippen LogP contribution is 2.29. The molecule has 212 valence electrons. The molecule has 3 rings (SSSR count). The van der Waals surface area contributed by atoms with Crippen LogP contribution in [0.1, 0.15) is 128 Å². The molecule has 2 aromatic carbocycles. The molecule has 0 saturated carbocycles. The number of benzene rings is 2. The molecule has 0 aromatic heterocycles. The number of hydrogen-bond donors (Lipinski definition) is 0. The Labute approximate surface area is 244 Å². The summed E-state index contributed by atoms with van der Waals surface area (Å²) < 4.78 is 12.4. The summed E-state index contributed by atoms with van der Waals surface area (Å²) >= 11 is 0. The third kappa shape index (κ3) is 10.7. The van der Waals surface area contributed by atoms with Gasteiger partial charge in [0, 0.05) is 0 Å². The lowest BCUT2D eigenvalue weighted by atomic mass is 9.86. The molecule has 2 heteroatoms. The molecule has 2 aromatic rings. The highest BCUT2D eigenvalue weighted by Gasteiger charge is 2.16. The summed E-state index contributed by atoms with van der Waals surface area (Å²) in [6.45, 7) is 14.7. The summed E-state index contributed by atoms with van der Waals surface area (Å²) in [5.41, 5.74) is 4.31. The maximum Gasteiger partial charge on any atom is 0.134 e. The average molecular weight is 537 g/mol. The monoisotopic (exact) mass is 536 g/mol.